The van der Waals surface area contributed by atoms with Crippen molar-refractivity contribution < 1.29 is 0 Å². The predicted octanol–water partition coefficient (Wildman–Crippen LogP) is 3.05. The first kappa shape index (κ1) is 11.3. The Hall–Kier alpha value is -0.170. The first-order valence-corrected chi connectivity index (χ1v) is 6.68. The van der Waals surface area contributed by atoms with E-state index in [9.17, 15) is 0 Å². The van der Waals surface area contributed by atoms with Gasteiger partial charge < -0.3 is 5.73 Å². The molecule has 0 radical (unpaired) electrons. The Morgan fingerprint density at radius 3 is 2.73 bits per heavy atom. The number of nitrogens with two attached hydrogens (primary N) is 1. The number of aromatic nitrogens is 2. The molecular formula is C9H9Br2N3S. The van der Waals surface area contributed by atoms with Crippen LogP contribution in [0.1, 0.15) is 16.6 Å². The van der Waals surface area contributed by atoms with Gasteiger partial charge in [-0.2, -0.15) is 5.10 Å². The van der Waals surface area contributed by atoms with Gasteiger partial charge in [0.05, 0.1) is 15.5 Å². The number of thiophene rings is 1. The van der Waals surface area contributed by atoms with Crippen LogP contribution in [0.3, 0.4) is 0 Å². The highest BCUT2D eigenvalue weighted by Crippen LogP contribution is 2.36. The minimum absolute atomic E-state index is 0.154. The maximum Gasteiger partial charge on any atom is 0.0845 e. The van der Waals surface area contributed by atoms with Gasteiger partial charge in [0.15, 0.2) is 0 Å². The minimum atomic E-state index is -0.154. The van der Waals surface area contributed by atoms with Crippen LogP contribution < -0.4 is 5.73 Å². The summed E-state index contributed by atoms with van der Waals surface area (Å²) >= 11 is 8.52. The third kappa shape index (κ3) is 2.33. The van der Waals surface area contributed by atoms with E-state index in [-0.39, 0.29) is 6.04 Å². The molecule has 15 heavy (non-hydrogen) atoms. The topological polar surface area (TPSA) is 43.8 Å². The molecule has 2 rings (SSSR count). The standard InChI is InChI=1S/C9H9Br2N3S/c1-14-3-2-6(13-14)8(12)7-4-5(10)9(11)15-7/h2-4,8H,12H2,1H3. The normalized spacial score (nSPS) is 13.1. The smallest absolute Gasteiger partial charge is 0.0845 e. The Morgan fingerprint density at radius 2 is 2.27 bits per heavy atom. The summed E-state index contributed by atoms with van der Waals surface area (Å²) < 4.78 is 3.85. The van der Waals surface area contributed by atoms with Gasteiger partial charge in [-0.05, 0) is 44.0 Å². The Balaban J connectivity index is 2.31. The van der Waals surface area contributed by atoms with Crippen LogP contribution in [-0.2, 0) is 7.05 Å². The number of hydrogen-bond acceptors (Lipinski definition) is 3. The van der Waals surface area contributed by atoms with Crippen molar-refractivity contribution in [1.82, 2.24) is 9.78 Å². The summed E-state index contributed by atoms with van der Waals surface area (Å²) in [4.78, 5) is 1.09. The maximum atomic E-state index is 6.10. The summed E-state index contributed by atoms with van der Waals surface area (Å²) in [6.45, 7) is 0. The third-order valence-corrected chi connectivity index (χ3v) is 5.36. The lowest BCUT2D eigenvalue weighted by atomic mass is 10.2. The molecule has 2 aromatic rings. The van der Waals surface area contributed by atoms with Crippen molar-refractivity contribution in [3.63, 3.8) is 0 Å². The number of aryl methyl sites for hydroxylation is 1. The molecule has 0 aliphatic heterocycles. The predicted molar refractivity (Wildman–Crippen MR) is 69.0 cm³/mol. The summed E-state index contributed by atoms with van der Waals surface area (Å²) in [5.74, 6) is 0. The third-order valence-electron chi connectivity index (χ3n) is 2.02. The molecule has 0 amide bonds. The van der Waals surface area contributed by atoms with Gasteiger partial charge >= 0.3 is 0 Å². The largest absolute Gasteiger partial charge is 0.318 e. The van der Waals surface area contributed by atoms with Crippen LogP contribution in [0.2, 0.25) is 0 Å². The van der Waals surface area contributed by atoms with Gasteiger partial charge in [-0.15, -0.1) is 11.3 Å². The van der Waals surface area contributed by atoms with Crippen LogP contribution in [0.4, 0.5) is 0 Å². The molecule has 0 fully saturated rings. The van der Waals surface area contributed by atoms with Gasteiger partial charge in [0.25, 0.3) is 0 Å². The van der Waals surface area contributed by atoms with Crippen molar-refractivity contribution in [3.05, 3.63) is 37.2 Å². The summed E-state index contributed by atoms with van der Waals surface area (Å²) in [6, 6.07) is 3.80. The summed E-state index contributed by atoms with van der Waals surface area (Å²) in [7, 11) is 1.89. The highest BCUT2D eigenvalue weighted by Gasteiger charge is 2.15. The molecule has 0 aromatic carbocycles. The summed E-state index contributed by atoms with van der Waals surface area (Å²) in [5.41, 5.74) is 6.99. The number of hydrogen-bond donors (Lipinski definition) is 1. The van der Waals surface area contributed by atoms with E-state index in [1.165, 1.54) is 0 Å². The number of rotatable bonds is 2. The van der Waals surface area contributed by atoms with Crippen molar-refractivity contribution in [2.45, 2.75) is 6.04 Å². The quantitative estimate of drug-likeness (QED) is 0.904. The molecular weight excluding hydrogens is 342 g/mol. The molecule has 0 spiro atoms. The van der Waals surface area contributed by atoms with Crippen molar-refractivity contribution in [2.75, 3.05) is 0 Å². The van der Waals surface area contributed by atoms with Crippen LogP contribution >= 0.6 is 43.2 Å². The zero-order valence-electron chi connectivity index (χ0n) is 7.95. The van der Waals surface area contributed by atoms with E-state index in [0.29, 0.717) is 0 Å². The SMILES string of the molecule is Cn1ccc(C(N)c2cc(Br)c(Br)s2)n1. The summed E-state index contributed by atoms with van der Waals surface area (Å²) in [6.07, 6.45) is 1.90. The molecule has 0 aliphatic rings. The van der Waals surface area contributed by atoms with Gasteiger partial charge in [0.1, 0.15) is 0 Å². The van der Waals surface area contributed by atoms with Gasteiger partial charge in [-0.25, -0.2) is 0 Å². The van der Waals surface area contributed by atoms with Crippen LogP contribution in [-0.4, -0.2) is 9.78 Å². The average molecular weight is 351 g/mol. The number of halogens is 2. The first-order valence-electron chi connectivity index (χ1n) is 4.28. The molecule has 80 valence electrons. The fraction of sp³-hybridized carbons (Fsp3) is 0.222. The monoisotopic (exact) mass is 349 g/mol. The van der Waals surface area contributed by atoms with Gasteiger partial charge in [0, 0.05) is 22.6 Å². The van der Waals surface area contributed by atoms with E-state index >= 15 is 0 Å². The zero-order valence-corrected chi connectivity index (χ0v) is 11.9. The van der Waals surface area contributed by atoms with E-state index in [4.69, 9.17) is 5.73 Å². The van der Waals surface area contributed by atoms with E-state index in [1.54, 1.807) is 16.0 Å². The fourth-order valence-corrected chi connectivity index (χ4v) is 3.37. The minimum Gasteiger partial charge on any atom is -0.318 e. The lowest BCUT2D eigenvalue weighted by Gasteiger charge is -2.04. The van der Waals surface area contributed by atoms with E-state index in [2.05, 4.69) is 37.0 Å². The number of nitrogens with zero attached hydrogens (tertiary/aromatic N) is 2. The van der Waals surface area contributed by atoms with Gasteiger partial charge in [0.2, 0.25) is 0 Å². The second kappa shape index (κ2) is 4.37. The Morgan fingerprint density at radius 1 is 1.53 bits per heavy atom. The lowest BCUT2D eigenvalue weighted by Crippen LogP contribution is -2.11. The molecule has 0 bridgehead atoms. The zero-order chi connectivity index (χ0) is 11.0. The van der Waals surface area contributed by atoms with Crippen molar-refractivity contribution in [3.8, 4) is 0 Å². The Bertz CT molecular complexity index is 458. The second-order valence-corrected chi connectivity index (χ2v) is 6.42. The van der Waals surface area contributed by atoms with E-state index in [1.807, 2.05) is 25.4 Å². The van der Waals surface area contributed by atoms with Gasteiger partial charge in [-0.3, -0.25) is 4.68 Å². The molecule has 1 unspecified atom stereocenters. The Kier molecular flexibility index (Phi) is 3.30. The van der Waals surface area contributed by atoms with Crippen LogP contribution in [0, 0.1) is 0 Å². The maximum absolute atomic E-state index is 6.10. The van der Waals surface area contributed by atoms with Crippen molar-refractivity contribution in [1.29, 1.82) is 0 Å². The molecule has 2 N–H and O–H groups in total. The van der Waals surface area contributed by atoms with Gasteiger partial charge in [-0.1, -0.05) is 0 Å². The molecule has 3 nitrogen and oxygen atoms in total. The Labute approximate surface area is 109 Å². The lowest BCUT2D eigenvalue weighted by molar-refractivity contribution is 0.720. The molecule has 6 heteroatoms. The molecule has 2 aromatic heterocycles. The van der Waals surface area contributed by atoms with E-state index < -0.39 is 0 Å². The highest BCUT2D eigenvalue weighted by molar-refractivity contribution is 9.13. The molecule has 0 aliphatic carbocycles. The molecule has 1 atom stereocenters. The van der Waals surface area contributed by atoms with Crippen molar-refractivity contribution in [2.24, 2.45) is 12.8 Å². The van der Waals surface area contributed by atoms with Crippen LogP contribution in [0.15, 0.2) is 26.6 Å². The van der Waals surface area contributed by atoms with Crippen LogP contribution in [0.5, 0.6) is 0 Å². The second-order valence-electron chi connectivity index (χ2n) is 3.16. The molecule has 0 saturated heterocycles. The van der Waals surface area contributed by atoms with Crippen molar-refractivity contribution >= 4 is 43.2 Å². The van der Waals surface area contributed by atoms with E-state index in [0.717, 1.165) is 18.8 Å². The van der Waals surface area contributed by atoms with Crippen LogP contribution in [0.25, 0.3) is 0 Å². The fourth-order valence-electron chi connectivity index (χ4n) is 1.26. The molecule has 0 saturated carbocycles. The summed E-state index contributed by atoms with van der Waals surface area (Å²) in [5, 5.41) is 4.29. The first-order chi connectivity index (χ1) is 7.08. The molecule has 2 heterocycles. The average Bonchev–Trinajstić information content (AvgIpc) is 2.74. The highest BCUT2D eigenvalue weighted by atomic mass is 79.9.